The first-order valence-corrected chi connectivity index (χ1v) is 7.56. The number of hydrogen-bond acceptors (Lipinski definition) is 1. The summed E-state index contributed by atoms with van der Waals surface area (Å²) in [6.45, 7) is 3.64. The molecule has 0 saturated carbocycles. The lowest BCUT2D eigenvalue weighted by Gasteiger charge is -2.32. The molecule has 1 amide bonds. The molecular weight excluding hydrogens is 314 g/mol. The van der Waals surface area contributed by atoms with E-state index in [9.17, 15) is 4.79 Å². The first kappa shape index (κ1) is 13.9. The molecular formula is C14H17BrClNO. The van der Waals surface area contributed by atoms with Gasteiger partial charge in [-0.05, 0) is 59.3 Å². The van der Waals surface area contributed by atoms with Crippen LogP contribution in [0.3, 0.4) is 0 Å². The Balaban J connectivity index is 2.15. The fourth-order valence-corrected chi connectivity index (χ4v) is 3.25. The van der Waals surface area contributed by atoms with E-state index in [4.69, 9.17) is 11.6 Å². The number of aryl methyl sites for hydroxylation is 1. The van der Waals surface area contributed by atoms with Gasteiger partial charge < -0.3 is 4.90 Å². The van der Waals surface area contributed by atoms with Crippen molar-refractivity contribution in [1.82, 2.24) is 4.90 Å². The minimum Gasteiger partial charge on any atom is -0.338 e. The number of likely N-dealkylation sites (tertiary alicyclic amines) is 1. The summed E-state index contributed by atoms with van der Waals surface area (Å²) in [6, 6.07) is 5.85. The van der Waals surface area contributed by atoms with Crippen LogP contribution in [0.25, 0.3) is 0 Å². The van der Waals surface area contributed by atoms with Gasteiger partial charge in [0.2, 0.25) is 0 Å². The molecule has 1 saturated heterocycles. The first-order valence-electron chi connectivity index (χ1n) is 6.23. The predicted octanol–water partition coefficient (Wildman–Crippen LogP) is 3.85. The molecule has 0 aliphatic carbocycles. The molecule has 1 aromatic rings. The molecule has 0 spiro atoms. The summed E-state index contributed by atoms with van der Waals surface area (Å²) in [7, 11) is 0. The molecule has 1 unspecified atom stereocenters. The summed E-state index contributed by atoms with van der Waals surface area (Å²) >= 11 is 9.37. The van der Waals surface area contributed by atoms with E-state index in [1.165, 1.54) is 0 Å². The fourth-order valence-electron chi connectivity index (χ4n) is 2.34. The maximum Gasteiger partial charge on any atom is 0.255 e. The van der Waals surface area contributed by atoms with Gasteiger partial charge in [-0.25, -0.2) is 0 Å². The highest BCUT2D eigenvalue weighted by Gasteiger charge is 2.24. The smallest absolute Gasteiger partial charge is 0.255 e. The quantitative estimate of drug-likeness (QED) is 0.754. The Bertz CT molecular complexity index is 449. The highest BCUT2D eigenvalue weighted by atomic mass is 79.9. The van der Waals surface area contributed by atoms with Gasteiger partial charge in [0, 0.05) is 23.4 Å². The summed E-state index contributed by atoms with van der Waals surface area (Å²) < 4.78 is 0.875. The van der Waals surface area contributed by atoms with Gasteiger partial charge in [0.25, 0.3) is 5.91 Å². The largest absolute Gasteiger partial charge is 0.338 e. The van der Waals surface area contributed by atoms with E-state index in [0.29, 0.717) is 11.8 Å². The number of alkyl halides is 1. The zero-order chi connectivity index (χ0) is 13.1. The van der Waals surface area contributed by atoms with Crippen LogP contribution >= 0.6 is 27.5 Å². The van der Waals surface area contributed by atoms with E-state index >= 15 is 0 Å². The zero-order valence-electron chi connectivity index (χ0n) is 10.5. The van der Waals surface area contributed by atoms with Crippen molar-refractivity contribution < 1.29 is 4.79 Å². The van der Waals surface area contributed by atoms with Gasteiger partial charge in [-0.3, -0.25) is 4.79 Å². The highest BCUT2D eigenvalue weighted by molar-refractivity contribution is 9.10. The molecule has 98 valence electrons. The second-order valence-corrected chi connectivity index (χ2v) is 6.06. The lowest BCUT2D eigenvalue weighted by molar-refractivity contribution is 0.0684. The van der Waals surface area contributed by atoms with Crippen LogP contribution < -0.4 is 0 Å². The average molecular weight is 331 g/mol. The van der Waals surface area contributed by atoms with Crippen LogP contribution in [-0.4, -0.2) is 29.8 Å². The van der Waals surface area contributed by atoms with Crippen LogP contribution in [0.15, 0.2) is 22.7 Å². The van der Waals surface area contributed by atoms with E-state index in [2.05, 4.69) is 15.9 Å². The molecule has 0 bridgehead atoms. The van der Waals surface area contributed by atoms with Gasteiger partial charge in [0.1, 0.15) is 0 Å². The third kappa shape index (κ3) is 3.07. The van der Waals surface area contributed by atoms with Crippen molar-refractivity contribution >= 4 is 33.4 Å². The summed E-state index contributed by atoms with van der Waals surface area (Å²) in [4.78, 5) is 14.4. The Kier molecular flexibility index (Phi) is 4.68. The van der Waals surface area contributed by atoms with Crippen molar-refractivity contribution in [3.05, 3.63) is 33.8 Å². The second-order valence-electron chi connectivity index (χ2n) is 4.90. The summed E-state index contributed by atoms with van der Waals surface area (Å²) in [5.74, 6) is 1.18. The van der Waals surface area contributed by atoms with Gasteiger partial charge in [-0.15, -0.1) is 11.6 Å². The van der Waals surface area contributed by atoms with Gasteiger partial charge in [-0.2, -0.15) is 0 Å². The van der Waals surface area contributed by atoms with Crippen LogP contribution in [0.4, 0.5) is 0 Å². The van der Waals surface area contributed by atoms with Crippen molar-refractivity contribution in [2.45, 2.75) is 19.8 Å². The number of amides is 1. The van der Waals surface area contributed by atoms with Gasteiger partial charge in [0.05, 0.1) is 5.56 Å². The van der Waals surface area contributed by atoms with E-state index in [-0.39, 0.29) is 5.91 Å². The van der Waals surface area contributed by atoms with Crippen molar-refractivity contribution in [3.63, 3.8) is 0 Å². The zero-order valence-corrected chi connectivity index (χ0v) is 12.8. The predicted molar refractivity (Wildman–Crippen MR) is 78.2 cm³/mol. The Morgan fingerprint density at radius 1 is 1.56 bits per heavy atom. The number of piperidine rings is 1. The second kappa shape index (κ2) is 6.07. The van der Waals surface area contributed by atoms with Gasteiger partial charge >= 0.3 is 0 Å². The number of benzene rings is 1. The third-order valence-corrected chi connectivity index (χ3v) is 4.47. The Morgan fingerprint density at radius 3 is 3.00 bits per heavy atom. The van der Waals surface area contributed by atoms with E-state index in [1.54, 1.807) is 0 Å². The van der Waals surface area contributed by atoms with Crippen molar-refractivity contribution in [1.29, 1.82) is 0 Å². The van der Waals surface area contributed by atoms with Crippen LogP contribution in [0.1, 0.15) is 28.8 Å². The molecule has 0 radical (unpaired) electrons. The number of halogens is 2. The topological polar surface area (TPSA) is 20.3 Å². The summed E-state index contributed by atoms with van der Waals surface area (Å²) in [5.41, 5.74) is 1.89. The summed E-state index contributed by atoms with van der Waals surface area (Å²) in [6.07, 6.45) is 2.18. The number of carbonyl (C=O) groups excluding carboxylic acids is 1. The molecule has 2 nitrogen and oxygen atoms in total. The average Bonchev–Trinajstić information content (AvgIpc) is 2.38. The molecule has 1 fully saturated rings. The highest BCUT2D eigenvalue weighted by Crippen LogP contribution is 2.24. The molecule has 2 rings (SSSR count). The molecule has 18 heavy (non-hydrogen) atoms. The molecule has 1 heterocycles. The fraction of sp³-hybridized carbons (Fsp3) is 0.500. The Hall–Kier alpha value is -0.540. The lowest BCUT2D eigenvalue weighted by atomic mass is 9.99. The lowest BCUT2D eigenvalue weighted by Crippen LogP contribution is -2.40. The van der Waals surface area contributed by atoms with Crippen molar-refractivity contribution in [2.24, 2.45) is 5.92 Å². The molecule has 4 heteroatoms. The molecule has 1 atom stereocenters. The summed E-state index contributed by atoms with van der Waals surface area (Å²) in [5, 5.41) is 0. The maximum atomic E-state index is 12.4. The van der Waals surface area contributed by atoms with E-state index < -0.39 is 0 Å². The van der Waals surface area contributed by atoms with Crippen molar-refractivity contribution in [3.8, 4) is 0 Å². The van der Waals surface area contributed by atoms with Crippen molar-refractivity contribution in [2.75, 3.05) is 19.0 Å². The standard InChI is InChI=1S/C14H17BrClNO/c1-10-4-5-12(13(15)7-10)14(18)17-6-2-3-11(8-16)9-17/h4-5,7,11H,2-3,6,8-9H2,1H3. The number of carbonyl (C=O) groups is 1. The maximum absolute atomic E-state index is 12.4. The molecule has 1 aliphatic rings. The molecule has 0 N–H and O–H groups in total. The van der Waals surface area contributed by atoms with Crippen LogP contribution in [-0.2, 0) is 0 Å². The van der Waals surface area contributed by atoms with Crippen LogP contribution in [0.5, 0.6) is 0 Å². The van der Waals surface area contributed by atoms with Crippen LogP contribution in [0, 0.1) is 12.8 Å². The SMILES string of the molecule is Cc1ccc(C(=O)N2CCCC(CCl)C2)c(Br)c1. The van der Waals surface area contributed by atoms with Crippen LogP contribution in [0.2, 0.25) is 0 Å². The molecule has 1 aromatic carbocycles. The van der Waals surface area contributed by atoms with E-state index in [1.807, 2.05) is 30.0 Å². The minimum absolute atomic E-state index is 0.108. The number of nitrogens with zero attached hydrogens (tertiary/aromatic N) is 1. The Labute approximate surface area is 121 Å². The monoisotopic (exact) mass is 329 g/mol. The third-order valence-electron chi connectivity index (χ3n) is 3.38. The Morgan fingerprint density at radius 2 is 2.33 bits per heavy atom. The number of hydrogen-bond donors (Lipinski definition) is 0. The first-order chi connectivity index (χ1) is 8.61. The van der Waals surface area contributed by atoms with E-state index in [0.717, 1.165) is 41.5 Å². The molecule has 0 aromatic heterocycles. The van der Waals surface area contributed by atoms with Gasteiger partial charge in [0.15, 0.2) is 0 Å². The minimum atomic E-state index is 0.108. The van der Waals surface area contributed by atoms with Gasteiger partial charge in [-0.1, -0.05) is 6.07 Å². The molecule has 1 aliphatic heterocycles. The number of rotatable bonds is 2. The normalized spacial score (nSPS) is 19.9.